The van der Waals surface area contributed by atoms with Crippen molar-refractivity contribution in [3.63, 3.8) is 0 Å². The lowest BCUT2D eigenvalue weighted by Crippen LogP contribution is -2.21. The molecule has 1 amide bonds. The highest BCUT2D eigenvalue weighted by atomic mass is 16.1. The molecule has 2 heterocycles. The van der Waals surface area contributed by atoms with Crippen LogP contribution >= 0.6 is 0 Å². The Bertz CT molecular complexity index is 950. The van der Waals surface area contributed by atoms with Crippen LogP contribution in [0.25, 0.3) is 0 Å². The number of anilines is 2. The maximum Gasteiger partial charge on any atom is 0.266 e. The Hall–Kier alpha value is -3.07. The Morgan fingerprint density at radius 2 is 1.96 bits per heavy atom. The van der Waals surface area contributed by atoms with Crippen molar-refractivity contribution in [3.05, 3.63) is 57.0 Å². The van der Waals surface area contributed by atoms with E-state index in [0.29, 0.717) is 17.7 Å². The third kappa shape index (κ3) is 4.03. The van der Waals surface area contributed by atoms with Crippen LogP contribution in [0.3, 0.4) is 0 Å². The van der Waals surface area contributed by atoms with Gasteiger partial charge in [-0.2, -0.15) is 5.26 Å². The van der Waals surface area contributed by atoms with Gasteiger partial charge in [-0.05, 0) is 56.4 Å². The van der Waals surface area contributed by atoms with E-state index in [4.69, 9.17) is 5.26 Å². The van der Waals surface area contributed by atoms with E-state index in [1.54, 1.807) is 13.8 Å². The van der Waals surface area contributed by atoms with Gasteiger partial charge in [-0.3, -0.25) is 9.59 Å². The summed E-state index contributed by atoms with van der Waals surface area (Å²) in [5.41, 5.74) is 3.86. The van der Waals surface area contributed by atoms with E-state index in [1.165, 1.54) is 12.8 Å². The summed E-state index contributed by atoms with van der Waals surface area (Å²) in [4.78, 5) is 29.4. The van der Waals surface area contributed by atoms with Gasteiger partial charge < -0.3 is 15.2 Å². The lowest BCUT2D eigenvalue weighted by atomic mass is 9.99. The molecule has 140 valence electrons. The first-order valence-electron chi connectivity index (χ1n) is 9.27. The van der Waals surface area contributed by atoms with Crippen LogP contribution in [0.2, 0.25) is 0 Å². The number of benzene rings is 1. The van der Waals surface area contributed by atoms with Gasteiger partial charge in [0.1, 0.15) is 11.6 Å². The number of nitriles is 1. The van der Waals surface area contributed by atoms with Gasteiger partial charge in [0.2, 0.25) is 5.91 Å². The molecular formula is C21H24N4O2. The number of amides is 1. The molecule has 2 N–H and O–H groups in total. The third-order valence-corrected chi connectivity index (χ3v) is 5.15. The lowest BCUT2D eigenvalue weighted by Gasteiger charge is -2.21. The van der Waals surface area contributed by atoms with E-state index in [2.05, 4.69) is 15.2 Å². The van der Waals surface area contributed by atoms with Crippen LogP contribution in [0, 0.1) is 25.2 Å². The van der Waals surface area contributed by atoms with Crippen molar-refractivity contribution in [3.8, 4) is 6.07 Å². The minimum absolute atomic E-state index is 0.0786. The summed E-state index contributed by atoms with van der Waals surface area (Å²) in [6.45, 7) is 5.58. The van der Waals surface area contributed by atoms with Crippen molar-refractivity contribution < 1.29 is 4.79 Å². The Balaban J connectivity index is 1.72. The van der Waals surface area contributed by atoms with E-state index in [0.717, 1.165) is 30.0 Å². The molecule has 0 bridgehead atoms. The van der Waals surface area contributed by atoms with Crippen LogP contribution in [0.1, 0.15) is 41.6 Å². The van der Waals surface area contributed by atoms with Crippen molar-refractivity contribution in [2.45, 2.75) is 39.5 Å². The first kappa shape index (κ1) is 18.7. The van der Waals surface area contributed by atoms with Gasteiger partial charge in [0.05, 0.1) is 11.4 Å². The van der Waals surface area contributed by atoms with Crippen LogP contribution in [-0.4, -0.2) is 24.0 Å². The predicted octanol–water partition coefficient (Wildman–Crippen LogP) is 3.03. The highest BCUT2D eigenvalue weighted by Gasteiger charge is 2.17. The molecule has 1 aliphatic heterocycles. The monoisotopic (exact) mass is 364 g/mol. The summed E-state index contributed by atoms with van der Waals surface area (Å²) in [6.07, 6.45) is 3.11. The normalized spacial score (nSPS) is 13.4. The number of pyridine rings is 1. The summed E-state index contributed by atoms with van der Waals surface area (Å²) < 4.78 is 0. The van der Waals surface area contributed by atoms with Crippen molar-refractivity contribution in [2.24, 2.45) is 0 Å². The van der Waals surface area contributed by atoms with Crippen molar-refractivity contribution in [2.75, 3.05) is 23.3 Å². The number of hydrogen-bond acceptors (Lipinski definition) is 4. The molecule has 0 atom stereocenters. The number of hydrogen-bond donors (Lipinski definition) is 2. The fraction of sp³-hybridized carbons (Fsp3) is 0.381. The molecule has 1 aromatic heterocycles. The molecule has 0 radical (unpaired) electrons. The molecule has 1 aliphatic rings. The molecule has 6 nitrogen and oxygen atoms in total. The number of aryl methyl sites for hydroxylation is 1. The van der Waals surface area contributed by atoms with Crippen molar-refractivity contribution >= 4 is 17.3 Å². The Morgan fingerprint density at radius 1 is 1.26 bits per heavy atom. The highest BCUT2D eigenvalue weighted by Crippen LogP contribution is 2.28. The minimum Gasteiger partial charge on any atom is -0.370 e. The number of para-hydroxylation sites is 2. The van der Waals surface area contributed by atoms with Crippen molar-refractivity contribution in [1.82, 2.24) is 4.98 Å². The Kier molecular flexibility index (Phi) is 5.60. The number of H-pyrrole nitrogens is 1. The summed E-state index contributed by atoms with van der Waals surface area (Å²) in [5.74, 6) is -0.0786. The SMILES string of the molecule is Cc1[nH]c(=O)c(C#N)c(C)c1CCC(=O)Nc1ccccc1N1CCCC1. The molecule has 1 fully saturated rings. The molecule has 2 aromatic rings. The third-order valence-electron chi connectivity index (χ3n) is 5.15. The Morgan fingerprint density at radius 3 is 2.67 bits per heavy atom. The molecule has 0 aliphatic carbocycles. The molecule has 0 saturated carbocycles. The number of nitrogens with zero attached hydrogens (tertiary/aromatic N) is 2. The molecule has 6 heteroatoms. The predicted molar refractivity (Wildman–Crippen MR) is 106 cm³/mol. The van der Waals surface area contributed by atoms with Crippen LogP contribution in [-0.2, 0) is 11.2 Å². The maximum atomic E-state index is 12.5. The number of rotatable bonds is 5. The Labute approximate surface area is 158 Å². The van der Waals surface area contributed by atoms with Gasteiger partial charge in [0.25, 0.3) is 5.56 Å². The van der Waals surface area contributed by atoms with E-state index in [9.17, 15) is 9.59 Å². The van der Waals surface area contributed by atoms with Gasteiger partial charge in [-0.25, -0.2) is 0 Å². The molecule has 1 aromatic carbocycles. The highest BCUT2D eigenvalue weighted by molar-refractivity contribution is 5.94. The minimum atomic E-state index is -0.375. The van der Waals surface area contributed by atoms with Gasteiger partial charge in [0, 0.05) is 25.2 Å². The smallest absolute Gasteiger partial charge is 0.266 e. The van der Waals surface area contributed by atoms with Crippen LogP contribution in [0.4, 0.5) is 11.4 Å². The zero-order valence-corrected chi connectivity index (χ0v) is 15.8. The molecule has 1 saturated heterocycles. The molecular weight excluding hydrogens is 340 g/mol. The second-order valence-corrected chi connectivity index (χ2v) is 6.93. The van der Waals surface area contributed by atoms with Crippen molar-refractivity contribution in [1.29, 1.82) is 5.26 Å². The fourth-order valence-electron chi connectivity index (χ4n) is 3.68. The van der Waals surface area contributed by atoms with Crippen LogP contribution < -0.4 is 15.8 Å². The number of aromatic nitrogens is 1. The van der Waals surface area contributed by atoms with Gasteiger partial charge >= 0.3 is 0 Å². The number of carbonyl (C=O) groups is 1. The van der Waals surface area contributed by atoms with Crippen LogP contribution in [0.15, 0.2) is 29.1 Å². The van der Waals surface area contributed by atoms with E-state index in [-0.39, 0.29) is 23.5 Å². The second kappa shape index (κ2) is 8.09. The molecule has 0 unspecified atom stereocenters. The summed E-state index contributed by atoms with van der Waals surface area (Å²) >= 11 is 0. The summed E-state index contributed by atoms with van der Waals surface area (Å²) in [5, 5.41) is 12.2. The van der Waals surface area contributed by atoms with Gasteiger partial charge in [-0.15, -0.1) is 0 Å². The van der Waals surface area contributed by atoms with E-state index >= 15 is 0 Å². The van der Waals surface area contributed by atoms with Gasteiger partial charge in [0.15, 0.2) is 0 Å². The maximum absolute atomic E-state index is 12.5. The largest absolute Gasteiger partial charge is 0.370 e. The zero-order chi connectivity index (χ0) is 19.4. The quantitative estimate of drug-likeness (QED) is 0.853. The standard InChI is InChI=1S/C21H24N4O2/c1-14-16(15(2)23-21(27)17(14)13-22)9-10-20(26)24-18-7-3-4-8-19(18)25-11-5-6-12-25/h3-4,7-8H,5-6,9-12H2,1-2H3,(H,23,27)(H,24,26). The van der Waals surface area contributed by atoms with E-state index < -0.39 is 0 Å². The number of nitrogens with one attached hydrogen (secondary N) is 2. The first-order valence-corrected chi connectivity index (χ1v) is 9.27. The first-order chi connectivity index (χ1) is 13.0. The van der Waals surface area contributed by atoms with Crippen LogP contribution in [0.5, 0.6) is 0 Å². The molecule has 3 rings (SSSR count). The zero-order valence-electron chi connectivity index (χ0n) is 15.8. The average molecular weight is 364 g/mol. The summed E-state index contributed by atoms with van der Waals surface area (Å²) in [6, 6.07) is 9.82. The average Bonchev–Trinajstić information content (AvgIpc) is 3.16. The fourth-order valence-corrected chi connectivity index (χ4v) is 3.68. The number of aromatic amines is 1. The lowest BCUT2D eigenvalue weighted by molar-refractivity contribution is -0.116. The second-order valence-electron chi connectivity index (χ2n) is 6.93. The van der Waals surface area contributed by atoms with Gasteiger partial charge in [-0.1, -0.05) is 12.1 Å². The summed E-state index contributed by atoms with van der Waals surface area (Å²) in [7, 11) is 0. The van der Waals surface area contributed by atoms with E-state index in [1.807, 2.05) is 30.3 Å². The molecule has 27 heavy (non-hydrogen) atoms. The topological polar surface area (TPSA) is 89.0 Å². The molecule has 0 spiro atoms. The number of carbonyl (C=O) groups excluding carboxylic acids is 1.